The molecule has 3 atom stereocenters. The average Bonchev–Trinajstić information content (AvgIpc) is 3.36. The van der Waals surface area contributed by atoms with Gasteiger partial charge in [0.15, 0.2) is 0 Å². The largest absolute Gasteiger partial charge is 0.433 e. The molecule has 11 heteroatoms. The third kappa shape index (κ3) is 4.14. The molecule has 1 N–H and O–H groups in total. The van der Waals surface area contributed by atoms with Gasteiger partial charge in [-0.15, -0.1) is 5.10 Å². The number of aromatic nitrogens is 4. The molecule has 1 saturated carbocycles. The maximum atomic E-state index is 14.2. The van der Waals surface area contributed by atoms with Gasteiger partial charge in [0.25, 0.3) is 0 Å². The summed E-state index contributed by atoms with van der Waals surface area (Å²) >= 11 is 0. The molecular weight excluding hydrogens is 474 g/mol. The average molecular weight is 502 g/mol. The standard InChI is InChI=1S/C25H27F4N7/c1-15-3-6-19(11-20(15)26)35-9-2-10-36-24(35)32-23(33-36)31-22-16-4-5-17(22)14-34(13-16)18-7-8-30-21(12-18)25(27,28)29/h3,6-8,11-12,16-17,22H,2,4-5,9-10,13-14H2,1H3,(H,31,33)/t16-,17?,22-/m0/s1. The molecule has 0 radical (unpaired) electrons. The summed E-state index contributed by atoms with van der Waals surface area (Å²) < 4.78 is 55.5. The normalized spacial score (nSPS) is 23.6. The smallest absolute Gasteiger partial charge is 0.371 e. The predicted molar refractivity (Wildman–Crippen MR) is 128 cm³/mol. The quantitative estimate of drug-likeness (QED) is 0.508. The Hall–Kier alpha value is -3.37. The van der Waals surface area contributed by atoms with Crippen LogP contribution in [0, 0.1) is 24.6 Å². The summed E-state index contributed by atoms with van der Waals surface area (Å²) in [5, 5.41) is 8.22. The molecule has 3 aliphatic rings. The van der Waals surface area contributed by atoms with E-state index in [1.54, 1.807) is 19.1 Å². The van der Waals surface area contributed by atoms with Gasteiger partial charge >= 0.3 is 6.18 Å². The summed E-state index contributed by atoms with van der Waals surface area (Å²) in [6.07, 6.45) is -0.355. The van der Waals surface area contributed by atoms with Gasteiger partial charge in [0, 0.05) is 49.8 Å². The van der Waals surface area contributed by atoms with E-state index >= 15 is 0 Å². The lowest BCUT2D eigenvalue weighted by atomic mass is 9.92. The molecule has 3 aromatic rings. The van der Waals surface area contributed by atoms with Crippen LogP contribution in [-0.2, 0) is 12.7 Å². The van der Waals surface area contributed by atoms with E-state index in [0.717, 1.165) is 44.1 Å². The molecule has 1 aliphatic carbocycles. The van der Waals surface area contributed by atoms with Gasteiger partial charge in [0.1, 0.15) is 11.5 Å². The lowest BCUT2D eigenvalue weighted by molar-refractivity contribution is -0.141. The fraction of sp³-hybridized carbons (Fsp3) is 0.480. The Labute approximate surface area is 206 Å². The van der Waals surface area contributed by atoms with Crippen LogP contribution in [0.4, 0.5) is 40.8 Å². The van der Waals surface area contributed by atoms with Crippen molar-refractivity contribution in [3.05, 3.63) is 53.6 Å². The Kier molecular flexibility index (Phi) is 5.53. The number of hydrogen-bond donors (Lipinski definition) is 1. The summed E-state index contributed by atoms with van der Waals surface area (Å²) in [6, 6.07) is 8.14. The number of aryl methyl sites for hydroxylation is 2. The fourth-order valence-corrected chi connectivity index (χ4v) is 5.81. The summed E-state index contributed by atoms with van der Waals surface area (Å²) in [5.74, 6) is 1.53. The Morgan fingerprint density at radius 1 is 1.00 bits per heavy atom. The van der Waals surface area contributed by atoms with Crippen LogP contribution in [0.2, 0.25) is 0 Å². The first-order valence-corrected chi connectivity index (χ1v) is 12.3. The van der Waals surface area contributed by atoms with Crippen LogP contribution >= 0.6 is 0 Å². The Bertz CT molecular complexity index is 1260. The minimum absolute atomic E-state index is 0.153. The maximum Gasteiger partial charge on any atom is 0.433 e. The minimum Gasteiger partial charge on any atom is -0.371 e. The summed E-state index contributed by atoms with van der Waals surface area (Å²) in [7, 11) is 0. The second kappa shape index (κ2) is 8.63. The topological polar surface area (TPSA) is 62.1 Å². The molecule has 0 amide bonds. The van der Waals surface area contributed by atoms with Crippen LogP contribution in [0.5, 0.6) is 0 Å². The van der Waals surface area contributed by atoms with Gasteiger partial charge in [-0.1, -0.05) is 6.07 Å². The lowest BCUT2D eigenvalue weighted by Crippen LogP contribution is -2.48. The van der Waals surface area contributed by atoms with E-state index in [4.69, 9.17) is 4.98 Å². The fourth-order valence-electron chi connectivity index (χ4n) is 5.81. The first-order chi connectivity index (χ1) is 17.3. The van der Waals surface area contributed by atoms with E-state index in [-0.39, 0.29) is 23.7 Å². The molecule has 6 rings (SSSR count). The molecule has 2 aromatic heterocycles. The van der Waals surface area contributed by atoms with Gasteiger partial charge in [0.2, 0.25) is 11.9 Å². The van der Waals surface area contributed by atoms with Gasteiger partial charge in [-0.3, -0.25) is 4.98 Å². The summed E-state index contributed by atoms with van der Waals surface area (Å²) in [6.45, 7) is 4.54. The number of pyridine rings is 1. The number of fused-ring (bicyclic) bond motifs is 3. The minimum atomic E-state index is -4.46. The first-order valence-electron chi connectivity index (χ1n) is 12.3. The predicted octanol–water partition coefficient (Wildman–Crippen LogP) is 5.01. The number of nitrogens with one attached hydrogen (secondary N) is 1. The second-order valence-corrected chi connectivity index (χ2v) is 9.97. The van der Waals surface area contributed by atoms with Crippen molar-refractivity contribution in [3.63, 3.8) is 0 Å². The zero-order valence-electron chi connectivity index (χ0n) is 19.8. The van der Waals surface area contributed by atoms with Crippen molar-refractivity contribution in [1.82, 2.24) is 19.7 Å². The van der Waals surface area contributed by atoms with E-state index in [9.17, 15) is 17.6 Å². The second-order valence-electron chi connectivity index (χ2n) is 9.97. The van der Waals surface area contributed by atoms with Crippen molar-refractivity contribution in [2.45, 2.75) is 44.9 Å². The van der Waals surface area contributed by atoms with E-state index < -0.39 is 11.9 Å². The van der Waals surface area contributed by atoms with Crippen molar-refractivity contribution in [3.8, 4) is 0 Å². The lowest BCUT2D eigenvalue weighted by Gasteiger charge is -2.39. The number of anilines is 4. The highest BCUT2D eigenvalue weighted by Crippen LogP contribution is 2.41. The number of halogens is 4. The Morgan fingerprint density at radius 3 is 2.50 bits per heavy atom. The third-order valence-electron chi connectivity index (χ3n) is 7.64. The Balaban J connectivity index is 1.19. The molecule has 36 heavy (non-hydrogen) atoms. The highest BCUT2D eigenvalue weighted by Gasteiger charge is 2.43. The van der Waals surface area contributed by atoms with Crippen molar-refractivity contribution in [2.24, 2.45) is 11.8 Å². The van der Waals surface area contributed by atoms with Crippen LogP contribution in [0.25, 0.3) is 0 Å². The molecule has 0 spiro atoms. The third-order valence-corrected chi connectivity index (χ3v) is 7.64. The van der Waals surface area contributed by atoms with Crippen LogP contribution < -0.4 is 15.1 Å². The van der Waals surface area contributed by atoms with Crippen LogP contribution in [0.15, 0.2) is 36.5 Å². The molecule has 2 fully saturated rings. The maximum absolute atomic E-state index is 14.2. The Morgan fingerprint density at radius 2 is 1.78 bits per heavy atom. The number of benzene rings is 1. The number of alkyl halides is 3. The summed E-state index contributed by atoms with van der Waals surface area (Å²) in [5.41, 5.74) is 1.05. The molecule has 190 valence electrons. The molecule has 7 nitrogen and oxygen atoms in total. The van der Waals surface area contributed by atoms with Gasteiger partial charge in [-0.05, 0) is 67.9 Å². The number of rotatable bonds is 4. The zero-order valence-corrected chi connectivity index (χ0v) is 19.8. The number of hydrogen-bond acceptors (Lipinski definition) is 6. The van der Waals surface area contributed by atoms with Crippen molar-refractivity contribution in [2.75, 3.05) is 34.8 Å². The van der Waals surface area contributed by atoms with Crippen LogP contribution in [-0.4, -0.2) is 45.4 Å². The molecular formula is C25H27F4N7. The first kappa shape index (κ1) is 23.1. The van der Waals surface area contributed by atoms with E-state index in [2.05, 4.69) is 15.4 Å². The van der Waals surface area contributed by atoms with Crippen molar-refractivity contribution in [1.29, 1.82) is 0 Å². The van der Waals surface area contributed by atoms with Gasteiger partial charge < -0.3 is 15.1 Å². The molecule has 1 saturated heterocycles. The molecule has 4 heterocycles. The molecule has 1 aromatic carbocycles. The molecule has 1 unspecified atom stereocenters. The van der Waals surface area contributed by atoms with Crippen molar-refractivity contribution >= 4 is 23.3 Å². The molecule has 2 aliphatic heterocycles. The van der Waals surface area contributed by atoms with E-state index in [1.807, 2.05) is 20.5 Å². The highest BCUT2D eigenvalue weighted by molar-refractivity contribution is 5.60. The molecule has 2 bridgehead atoms. The number of piperidine rings is 1. The van der Waals surface area contributed by atoms with Gasteiger partial charge in [-0.25, -0.2) is 9.07 Å². The summed E-state index contributed by atoms with van der Waals surface area (Å²) in [4.78, 5) is 12.3. The van der Waals surface area contributed by atoms with Crippen molar-refractivity contribution < 1.29 is 17.6 Å². The van der Waals surface area contributed by atoms with E-state index in [0.29, 0.717) is 36.2 Å². The highest BCUT2D eigenvalue weighted by atomic mass is 19.4. The zero-order chi connectivity index (χ0) is 25.0. The number of nitrogens with zero attached hydrogens (tertiary/aromatic N) is 6. The van der Waals surface area contributed by atoms with Gasteiger partial charge in [-0.2, -0.15) is 18.2 Å². The van der Waals surface area contributed by atoms with Gasteiger partial charge in [0.05, 0.1) is 0 Å². The van der Waals surface area contributed by atoms with Crippen LogP contribution in [0.1, 0.15) is 30.5 Å². The monoisotopic (exact) mass is 501 g/mol. The van der Waals surface area contributed by atoms with E-state index in [1.165, 1.54) is 12.3 Å². The SMILES string of the molecule is Cc1ccc(N2CCCn3nc(N[C@@H]4C5CC[C@H]4CN(c4ccnc(C(F)(F)F)c4)C5)nc32)cc1F. The van der Waals surface area contributed by atoms with Crippen LogP contribution in [0.3, 0.4) is 0 Å².